The number of rotatable bonds is 4. The molecular formula is C28H21N5O4. The fourth-order valence-corrected chi connectivity index (χ4v) is 3.58. The summed E-state index contributed by atoms with van der Waals surface area (Å²) in [6, 6.07) is 18.6. The zero-order chi connectivity index (χ0) is 25.6. The van der Waals surface area contributed by atoms with Crippen molar-refractivity contribution in [1.29, 1.82) is 0 Å². The van der Waals surface area contributed by atoms with Gasteiger partial charge in [-0.1, -0.05) is 30.2 Å². The summed E-state index contributed by atoms with van der Waals surface area (Å²) in [6.07, 6.45) is 4.69. The minimum Gasteiger partial charge on any atom is -0.487 e. The van der Waals surface area contributed by atoms with Crippen LogP contribution in [0, 0.1) is 11.8 Å². The highest BCUT2D eigenvalue weighted by atomic mass is 16.5. The monoisotopic (exact) mass is 491 g/mol. The number of para-hydroxylation sites is 1. The molecule has 9 heteroatoms. The third-order valence-electron chi connectivity index (χ3n) is 5.43. The minimum absolute atomic E-state index is 0.0824. The van der Waals surface area contributed by atoms with E-state index in [-0.39, 0.29) is 18.2 Å². The van der Waals surface area contributed by atoms with Crippen LogP contribution in [0.1, 0.15) is 21.7 Å². The molecule has 37 heavy (non-hydrogen) atoms. The highest BCUT2D eigenvalue weighted by Crippen LogP contribution is 2.29. The van der Waals surface area contributed by atoms with Crippen molar-refractivity contribution in [3.63, 3.8) is 0 Å². The van der Waals surface area contributed by atoms with Gasteiger partial charge in [-0.2, -0.15) is 0 Å². The molecule has 1 aromatic carbocycles. The molecule has 0 saturated carbocycles. The van der Waals surface area contributed by atoms with Crippen LogP contribution in [-0.4, -0.2) is 46.5 Å². The molecule has 2 amide bonds. The third kappa shape index (κ3) is 5.55. The lowest BCUT2D eigenvalue weighted by molar-refractivity contribution is -0.120. The number of pyridine rings is 3. The maximum Gasteiger partial charge on any atom is 0.270 e. The van der Waals surface area contributed by atoms with Gasteiger partial charge in [0.25, 0.3) is 11.8 Å². The second-order valence-electron chi connectivity index (χ2n) is 8.04. The maximum absolute atomic E-state index is 13.1. The van der Waals surface area contributed by atoms with E-state index in [4.69, 9.17) is 9.47 Å². The Hall–Kier alpha value is -5.23. The van der Waals surface area contributed by atoms with E-state index in [0.717, 1.165) is 0 Å². The second kappa shape index (κ2) is 10.6. The lowest BCUT2D eigenvalue weighted by Gasteiger charge is -2.19. The smallest absolute Gasteiger partial charge is 0.270 e. The van der Waals surface area contributed by atoms with E-state index in [1.165, 1.54) is 17.2 Å². The van der Waals surface area contributed by atoms with Crippen molar-refractivity contribution in [2.24, 2.45) is 0 Å². The number of carbonyl (C=O) groups is 2. The number of hydrogen-bond donors (Lipinski definition) is 1. The van der Waals surface area contributed by atoms with Gasteiger partial charge in [-0.05, 0) is 36.3 Å². The van der Waals surface area contributed by atoms with Crippen molar-refractivity contribution in [2.75, 3.05) is 18.6 Å². The van der Waals surface area contributed by atoms with Gasteiger partial charge in [0, 0.05) is 43.3 Å². The molecule has 4 heterocycles. The van der Waals surface area contributed by atoms with Gasteiger partial charge in [0.15, 0.2) is 11.6 Å². The van der Waals surface area contributed by atoms with Crippen molar-refractivity contribution in [1.82, 2.24) is 20.3 Å². The van der Waals surface area contributed by atoms with Gasteiger partial charge >= 0.3 is 0 Å². The Balaban J connectivity index is 1.29. The number of anilines is 1. The molecule has 1 aliphatic rings. The number of nitrogens with one attached hydrogen (secondary N) is 1. The van der Waals surface area contributed by atoms with E-state index < -0.39 is 11.9 Å². The summed E-state index contributed by atoms with van der Waals surface area (Å²) in [5.41, 5.74) is 1.34. The summed E-state index contributed by atoms with van der Waals surface area (Å²) < 4.78 is 11.6. The molecule has 3 aromatic heterocycles. The van der Waals surface area contributed by atoms with E-state index in [1.807, 2.05) is 30.3 Å². The van der Waals surface area contributed by atoms with Gasteiger partial charge in [-0.3, -0.25) is 19.5 Å². The summed E-state index contributed by atoms with van der Waals surface area (Å²) in [5.74, 6) is 6.85. The van der Waals surface area contributed by atoms with Crippen LogP contribution in [0.25, 0.3) is 0 Å². The molecule has 0 fully saturated rings. The molecule has 0 saturated heterocycles. The summed E-state index contributed by atoms with van der Waals surface area (Å²) in [7, 11) is 1.58. The summed E-state index contributed by atoms with van der Waals surface area (Å²) in [5, 5.41) is 2.71. The Morgan fingerprint density at radius 1 is 1.00 bits per heavy atom. The van der Waals surface area contributed by atoms with Gasteiger partial charge in [0.05, 0.1) is 0 Å². The molecule has 1 aliphatic heterocycles. The molecule has 0 radical (unpaired) electrons. The standard InChI is InChI=1S/C28H21N5O4/c1-33-26-25(15-19(17-31-26)10-11-20-7-5-6-13-29-20)36-18-24(28(33)35)32-27(34)23-16-22(12-14-30-23)37-21-8-3-2-4-9-21/h2-9,12-17,24H,18H2,1H3,(H,32,34)/t24-/m0/s1. The van der Waals surface area contributed by atoms with Crippen LogP contribution < -0.4 is 19.7 Å². The number of benzene rings is 1. The van der Waals surface area contributed by atoms with E-state index in [2.05, 4.69) is 32.1 Å². The normalized spacial score (nSPS) is 14.4. The zero-order valence-corrected chi connectivity index (χ0v) is 19.8. The molecule has 0 spiro atoms. The third-order valence-corrected chi connectivity index (χ3v) is 5.43. The van der Waals surface area contributed by atoms with Gasteiger partial charge in [-0.25, -0.2) is 9.97 Å². The van der Waals surface area contributed by atoms with Crippen molar-refractivity contribution in [3.05, 3.63) is 102 Å². The fourth-order valence-electron chi connectivity index (χ4n) is 3.58. The topological polar surface area (TPSA) is 107 Å². The van der Waals surface area contributed by atoms with Crippen molar-refractivity contribution < 1.29 is 19.1 Å². The lowest BCUT2D eigenvalue weighted by atomic mass is 10.2. The van der Waals surface area contributed by atoms with E-state index in [0.29, 0.717) is 34.3 Å². The first-order valence-electron chi connectivity index (χ1n) is 11.4. The molecule has 5 rings (SSSR count). The number of likely N-dealkylation sites (N-methyl/N-ethyl adjacent to an activating group) is 1. The summed E-state index contributed by atoms with van der Waals surface area (Å²) in [6.45, 7) is -0.0824. The Kier molecular flexibility index (Phi) is 6.72. The Morgan fingerprint density at radius 3 is 2.65 bits per heavy atom. The van der Waals surface area contributed by atoms with Crippen LogP contribution in [-0.2, 0) is 4.79 Å². The average Bonchev–Trinajstić information content (AvgIpc) is 3.05. The van der Waals surface area contributed by atoms with Gasteiger partial charge in [-0.15, -0.1) is 0 Å². The average molecular weight is 492 g/mol. The molecule has 0 aliphatic carbocycles. The molecule has 1 atom stereocenters. The number of hydrogen-bond acceptors (Lipinski definition) is 7. The SMILES string of the molecule is CN1C(=O)[C@@H](NC(=O)c2cc(Oc3ccccc3)ccn2)COc2cc(C#Cc3ccccn3)cnc21. The highest BCUT2D eigenvalue weighted by molar-refractivity contribution is 6.02. The quantitative estimate of drug-likeness (QED) is 0.437. The second-order valence-corrected chi connectivity index (χ2v) is 8.04. The largest absolute Gasteiger partial charge is 0.487 e. The molecule has 0 unspecified atom stereocenters. The van der Waals surface area contributed by atoms with E-state index in [1.54, 1.807) is 49.8 Å². The van der Waals surface area contributed by atoms with Crippen LogP contribution in [0.15, 0.2) is 85.3 Å². The van der Waals surface area contributed by atoms with Gasteiger partial charge in [0.1, 0.15) is 35.5 Å². The van der Waals surface area contributed by atoms with Crippen LogP contribution in [0.3, 0.4) is 0 Å². The number of carbonyl (C=O) groups excluding carboxylic acids is 2. The first kappa shape index (κ1) is 23.5. The summed E-state index contributed by atoms with van der Waals surface area (Å²) >= 11 is 0. The van der Waals surface area contributed by atoms with Crippen molar-refractivity contribution in [3.8, 4) is 29.1 Å². The Labute approximate surface area is 213 Å². The fraction of sp³-hybridized carbons (Fsp3) is 0.107. The van der Waals surface area contributed by atoms with Crippen molar-refractivity contribution in [2.45, 2.75) is 6.04 Å². The number of aromatic nitrogens is 3. The Bertz CT molecular complexity index is 1500. The molecule has 9 nitrogen and oxygen atoms in total. The molecule has 0 bridgehead atoms. The number of amides is 2. The van der Waals surface area contributed by atoms with Crippen LogP contribution in [0.2, 0.25) is 0 Å². The molecule has 4 aromatic rings. The molecule has 182 valence electrons. The van der Waals surface area contributed by atoms with Gasteiger partial charge < -0.3 is 14.8 Å². The zero-order valence-electron chi connectivity index (χ0n) is 19.8. The number of fused-ring (bicyclic) bond motifs is 1. The maximum atomic E-state index is 13.1. The first-order chi connectivity index (χ1) is 18.1. The minimum atomic E-state index is -0.949. The van der Waals surface area contributed by atoms with E-state index >= 15 is 0 Å². The predicted molar refractivity (Wildman–Crippen MR) is 135 cm³/mol. The van der Waals surface area contributed by atoms with E-state index in [9.17, 15) is 9.59 Å². The van der Waals surface area contributed by atoms with Crippen molar-refractivity contribution >= 4 is 17.6 Å². The summed E-state index contributed by atoms with van der Waals surface area (Å²) in [4.78, 5) is 40.0. The first-order valence-corrected chi connectivity index (χ1v) is 11.4. The molecular weight excluding hydrogens is 470 g/mol. The van der Waals surface area contributed by atoms with Crippen LogP contribution in [0.4, 0.5) is 5.82 Å². The molecule has 1 N–H and O–H groups in total. The lowest BCUT2D eigenvalue weighted by Crippen LogP contribution is -2.49. The van der Waals surface area contributed by atoms with Crippen LogP contribution in [0.5, 0.6) is 17.2 Å². The highest BCUT2D eigenvalue weighted by Gasteiger charge is 2.32. The number of ether oxygens (including phenoxy) is 2. The van der Waals surface area contributed by atoms with Crippen LogP contribution >= 0.6 is 0 Å². The predicted octanol–water partition coefficient (Wildman–Crippen LogP) is 3.22. The Morgan fingerprint density at radius 2 is 1.84 bits per heavy atom. The number of nitrogens with zero attached hydrogens (tertiary/aromatic N) is 4. The van der Waals surface area contributed by atoms with Gasteiger partial charge in [0.2, 0.25) is 0 Å².